The van der Waals surface area contributed by atoms with E-state index < -0.39 is 0 Å². The molecular weight excluding hydrogens is 232 g/mol. The highest BCUT2D eigenvalue weighted by molar-refractivity contribution is 5.83. The van der Waals surface area contributed by atoms with Crippen LogP contribution in [0.15, 0.2) is 30.5 Å². The smallest absolute Gasteiger partial charge is 0.0481 e. The normalized spacial score (nSPS) is 13.9. The summed E-state index contributed by atoms with van der Waals surface area (Å²) in [5.74, 6) is 0.669. The number of para-hydroxylation sites is 1. The summed E-state index contributed by atoms with van der Waals surface area (Å²) in [5, 5.41) is 4.96. The number of hydrogen-bond acceptors (Lipinski definition) is 1. The van der Waals surface area contributed by atoms with E-state index in [-0.39, 0.29) is 0 Å². The summed E-state index contributed by atoms with van der Waals surface area (Å²) in [6, 6.07) is 8.60. The van der Waals surface area contributed by atoms with Crippen LogP contribution in [0.3, 0.4) is 0 Å². The van der Waals surface area contributed by atoms with Crippen molar-refractivity contribution < 1.29 is 0 Å². The van der Waals surface area contributed by atoms with Crippen molar-refractivity contribution in [1.82, 2.24) is 9.88 Å². The third kappa shape index (κ3) is 3.19. The molecule has 104 valence electrons. The zero-order valence-corrected chi connectivity index (χ0v) is 12.8. The first kappa shape index (κ1) is 14.1. The molecule has 1 atom stereocenters. The Kier molecular flexibility index (Phi) is 4.00. The largest absolute Gasteiger partial charge is 0.350 e. The number of nitrogens with one attached hydrogen (secondary N) is 1. The second kappa shape index (κ2) is 5.38. The lowest BCUT2D eigenvalue weighted by atomic mass is 9.82. The molecule has 0 radical (unpaired) electrons. The number of aryl methyl sites for hydroxylation is 1. The van der Waals surface area contributed by atoms with E-state index in [1.165, 1.54) is 16.5 Å². The Bertz CT molecular complexity index is 546. The van der Waals surface area contributed by atoms with Crippen molar-refractivity contribution in [1.29, 1.82) is 0 Å². The first-order chi connectivity index (χ1) is 8.89. The third-order valence-corrected chi connectivity index (χ3v) is 4.22. The molecule has 2 nitrogen and oxygen atoms in total. The highest BCUT2D eigenvalue weighted by Crippen LogP contribution is 2.25. The van der Waals surface area contributed by atoms with Crippen LogP contribution in [0.1, 0.15) is 33.3 Å². The van der Waals surface area contributed by atoms with Gasteiger partial charge in [-0.1, -0.05) is 45.9 Å². The number of rotatable bonds is 4. The van der Waals surface area contributed by atoms with Crippen LogP contribution >= 0.6 is 0 Å². The van der Waals surface area contributed by atoms with Gasteiger partial charge in [0, 0.05) is 30.7 Å². The maximum absolute atomic E-state index is 3.60. The molecule has 1 aromatic heterocycles. The summed E-state index contributed by atoms with van der Waals surface area (Å²) in [6.07, 6.45) is 2.24. The van der Waals surface area contributed by atoms with E-state index in [1.54, 1.807) is 0 Å². The van der Waals surface area contributed by atoms with E-state index in [0.29, 0.717) is 11.3 Å². The standard InChI is InChI=1S/C17H26N2/c1-13(17(2,3)4)10-18-11-14-12-19(5)16-9-7-6-8-15(14)16/h6-9,12-13,18H,10-11H2,1-5H3. The van der Waals surface area contributed by atoms with Gasteiger partial charge in [-0.3, -0.25) is 0 Å². The maximum Gasteiger partial charge on any atom is 0.0481 e. The Hall–Kier alpha value is -1.28. The van der Waals surface area contributed by atoms with Gasteiger partial charge in [0.1, 0.15) is 0 Å². The van der Waals surface area contributed by atoms with Gasteiger partial charge >= 0.3 is 0 Å². The van der Waals surface area contributed by atoms with Gasteiger partial charge < -0.3 is 9.88 Å². The second-order valence-corrected chi connectivity index (χ2v) is 6.68. The molecule has 1 aromatic carbocycles. The molecule has 0 aliphatic heterocycles. The van der Waals surface area contributed by atoms with E-state index in [1.807, 2.05) is 0 Å². The van der Waals surface area contributed by atoms with E-state index in [9.17, 15) is 0 Å². The van der Waals surface area contributed by atoms with Crippen LogP contribution in [-0.4, -0.2) is 11.1 Å². The van der Waals surface area contributed by atoms with Crippen LogP contribution in [0.25, 0.3) is 10.9 Å². The zero-order valence-electron chi connectivity index (χ0n) is 12.8. The number of nitrogens with zero attached hydrogens (tertiary/aromatic N) is 1. The van der Waals surface area contributed by atoms with E-state index in [0.717, 1.165) is 13.1 Å². The molecule has 0 amide bonds. The summed E-state index contributed by atoms with van der Waals surface area (Å²) in [6.45, 7) is 11.2. The van der Waals surface area contributed by atoms with Crippen molar-refractivity contribution in [2.45, 2.75) is 34.2 Å². The van der Waals surface area contributed by atoms with Gasteiger partial charge in [0.05, 0.1) is 0 Å². The summed E-state index contributed by atoms with van der Waals surface area (Å²) in [4.78, 5) is 0. The highest BCUT2D eigenvalue weighted by atomic mass is 14.9. The summed E-state index contributed by atoms with van der Waals surface area (Å²) < 4.78 is 2.21. The first-order valence-electron chi connectivity index (χ1n) is 7.13. The molecule has 0 aliphatic rings. The van der Waals surface area contributed by atoms with Crippen molar-refractivity contribution in [3.8, 4) is 0 Å². The lowest BCUT2D eigenvalue weighted by Gasteiger charge is -2.27. The van der Waals surface area contributed by atoms with Gasteiger partial charge in [-0.15, -0.1) is 0 Å². The second-order valence-electron chi connectivity index (χ2n) is 6.68. The Morgan fingerprint density at radius 2 is 1.89 bits per heavy atom. The topological polar surface area (TPSA) is 17.0 Å². The van der Waals surface area contributed by atoms with Crippen molar-refractivity contribution in [3.63, 3.8) is 0 Å². The number of hydrogen-bond donors (Lipinski definition) is 1. The van der Waals surface area contributed by atoms with E-state index in [2.05, 4.69) is 75.1 Å². The number of benzene rings is 1. The quantitative estimate of drug-likeness (QED) is 0.878. The van der Waals surface area contributed by atoms with Crippen LogP contribution in [0.2, 0.25) is 0 Å². The lowest BCUT2D eigenvalue weighted by molar-refractivity contribution is 0.252. The SMILES string of the molecule is CC(CNCc1cn(C)c2ccccc12)C(C)(C)C. The molecule has 1 unspecified atom stereocenters. The molecule has 2 heteroatoms. The molecule has 19 heavy (non-hydrogen) atoms. The third-order valence-electron chi connectivity index (χ3n) is 4.22. The van der Waals surface area contributed by atoms with E-state index in [4.69, 9.17) is 0 Å². The Morgan fingerprint density at radius 3 is 2.58 bits per heavy atom. The van der Waals surface area contributed by atoms with Crippen molar-refractivity contribution >= 4 is 10.9 Å². The van der Waals surface area contributed by atoms with Crippen LogP contribution in [0, 0.1) is 11.3 Å². The van der Waals surface area contributed by atoms with Gasteiger partial charge in [-0.25, -0.2) is 0 Å². The maximum atomic E-state index is 3.60. The van der Waals surface area contributed by atoms with Crippen molar-refractivity contribution in [2.75, 3.05) is 6.54 Å². The van der Waals surface area contributed by atoms with Crippen LogP contribution in [0.5, 0.6) is 0 Å². The lowest BCUT2D eigenvalue weighted by Crippen LogP contribution is -2.29. The number of fused-ring (bicyclic) bond motifs is 1. The summed E-state index contributed by atoms with van der Waals surface area (Å²) in [7, 11) is 2.11. The molecule has 2 rings (SSSR count). The van der Waals surface area contributed by atoms with Crippen LogP contribution in [-0.2, 0) is 13.6 Å². The molecule has 1 heterocycles. The monoisotopic (exact) mass is 258 g/mol. The minimum Gasteiger partial charge on any atom is -0.350 e. The average molecular weight is 258 g/mol. The van der Waals surface area contributed by atoms with Crippen LogP contribution < -0.4 is 5.32 Å². The van der Waals surface area contributed by atoms with Crippen LogP contribution in [0.4, 0.5) is 0 Å². The van der Waals surface area contributed by atoms with Gasteiger partial charge in [0.15, 0.2) is 0 Å². The molecule has 0 spiro atoms. The fourth-order valence-corrected chi connectivity index (χ4v) is 2.30. The minimum atomic E-state index is 0.367. The summed E-state index contributed by atoms with van der Waals surface area (Å²) >= 11 is 0. The fraction of sp³-hybridized carbons (Fsp3) is 0.529. The predicted molar refractivity (Wildman–Crippen MR) is 83.2 cm³/mol. The van der Waals surface area contributed by atoms with Crippen molar-refractivity contribution in [2.24, 2.45) is 18.4 Å². The Labute approximate surface area is 116 Å². The van der Waals surface area contributed by atoms with Gasteiger partial charge in [0.25, 0.3) is 0 Å². The zero-order chi connectivity index (χ0) is 14.0. The predicted octanol–water partition coefficient (Wildman–Crippen LogP) is 3.95. The molecule has 0 fully saturated rings. The molecule has 2 aromatic rings. The Morgan fingerprint density at radius 1 is 1.21 bits per heavy atom. The molecule has 0 saturated heterocycles. The molecule has 1 N–H and O–H groups in total. The fourth-order valence-electron chi connectivity index (χ4n) is 2.30. The van der Waals surface area contributed by atoms with Gasteiger partial charge in [-0.2, -0.15) is 0 Å². The average Bonchev–Trinajstić information content (AvgIpc) is 2.66. The van der Waals surface area contributed by atoms with E-state index >= 15 is 0 Å². The highest BCUT2D eigenvalue weighted by Gasteiger charge is 2.19. The molecule has 0 saturated carbocycles. The Balaban J connectivity index is 2.03. The molecule has 0 aliphatic carbocycles. The molecule has 0 bridgehead atoms. The first-order valence-corrected chi connectivity index (χ1v) is 7.13. The van der Waals surface area contributed by atoms with Gasteiger partial charge in [0.2, 0.25) is 0 Å². The van der Waals surface area contributed by atoms with Gasteiger partial charge in [-0.05, 0) is 29.5 Å². The van der Waals surface area contributed by atoms with Crippen molar-refractivity contribution in [3.05, 3.63) is 36.0 Å². The summed E-state index contributed by atoms with van der Waals surface area (Å²) in [5.41, 5.74) is 3.06. The number of aromatic nitrogens is 1. The minimum absolute atomic E-state index is 0.367. The molecular formula is C17H26N2.